The zero-order valence-electron chi connectivity index (χ0n) is 11.5. The Morgan fingerprint density at radius 1 is 1.42 bits per heavy atom. The van der Waals surface area contributed by atoms with Gasteiger partial charge in [-0.25, -0.2) is 4.79 Å². The molecule has 1 heterocycles. The van der Waals surface area contributed by atoms with Gasteiger partial charge in [0.05, 0.1) is 12.7 Å². The number of hydrogen-bond acceptors (Lipinski definition) is 4. The minimum atomic E-state index is -1.02. The lowest BCUT2D eigenvalue weighted by Crippen LogP contribution is -2.34. The Hall–Kier alpha value is -1.43. The Kier molecular flexibility index (Phi) is 4.90. The molecule has 1 aliphatic carbocycles. The molecule has 0 saturated heterocycles. The molecule has 0 bridgehead atoms. The molecule has 0 amide bonds. The van der Waals surface area contributed by atoms with Gasteiger partial charge in [-0.2, -0.15) is 0 Å². The van der Waals surface area contributed by atoms with E-state index in [1.54, 1.807) is 4.68 Å². The van der Waals surface area contributed by atoms with E-state index in [0.29, 0.717) is 12.6 Å². The molecule has 6 heteroatoms. The maximum Gasteiger partial charge on any atom is 0.358 e. The predicted octanol–water partition coefficient (Wildman–Crippen LogP) is 1.63. The van der Waals surface area contributed by atoms with Crippen molar-refractivity contribution >= 4 is 5.97 Å². The molecule has 1 aromatic rings. The second-order valence-electron chi connectivity index (χ2n) is 5.30. The maximum atomic E-state index is 10.7. The maximum absolute atomic E-state index is 10.7. The second kappa shape index (κ2) is 6.65. The van der Waals surface area contributed by atoms with Crippen molar-refractivity contribution in [3.8, 4) is 0 Å². The van der Waals surface area contributed by atoms with E-state index in [-0.39, 0.29) is 5.69 Å². The molecule has 1 N–H and O–H groups in total. The summed E-state index contributed by atoms with van der Waals surface area (Å²) in [6.07, 6.45) is 9.39. The van der Waals surface area contributed by atoms with E-state index in [9.17, 15) is 4.79 Å². The largest absolute Gasteiger partial charge is 0.476 e. The van der Waals surface area contributed by atoms with E-state index >= 15 is 0 Å². The number of aromatic nitrogens is 3. The fourth-order valence-electron chi connectivity index (χ4n) is 2.65. The number of carboxylic acid groups (broad SMARTS) is 1. The lowest BCUT2D eigenvalue weighted by molar-refractivity contribution is 0.0690. The second-order valence-corrected chi connectivity index (χ2v) is 5.30. The van der Waals surface area contributed by atoms with Gasteiger partial charge in [-0.05, 0) is 19.9 Å². The van der Waals surface area contributed by atoms with E-state index in [4.69, 9.17) is 5.11 Å². The van der Waals surface area contributed by atoms with Gasteiger partial charge >= 0.3 is 5.97 Å². The highest BCUT2D eigenvalue weighted by atomic mass is 16.4. The van der Waals surface area contributed by atoms with Gasteiger partial charge in [0.15, 0.2) is 5.69 Å². The van der Waals surface area contributed by atoms with Crippen molar-refractivity contribution in [1.82, 2.24) is 19.9 Å². The Bertz CT molecular complexity index is 411. The van der Waals surface area contributed by atoms with Gasteiger partial charge in [0, 0.05) is 12.6 Å². The van der Waals surface area contributed by atoms with Crippen LogP contribution in [0, 0.1) is 0 Å². The monoisotopic (exact) mass is 266 g/mol. The molecular weight excluding hydrogens is 244 g/mol. The standard InChI is InChI=1S/C13H22N4O2/c1-16(11-6-4-2-3-5-7-11)8-9-17-10-12(13(18)19)14-15-17/h10-11H,2-9H2,1H3,(H,18,19). The molecule has 0 spiro atoms. The third-order valence-corrected chi connectivity index (χ3v) is 3.89. The van der Waals surface area contributed by atoms with Crippen LogP contribution in [0.15, 0.2) is 6.20 Å². The Labute approximate surface area is 113 Å². The highest BCUT2D eigenvalue weighted by molar-refractivity contribution is 5.84. The summed E-state index contributed by atoms with van der Waals surface area (Å²) in [5.41, 5.74) is 0.0112. The van der Waals surface area contributed by atoms with Crippen LogP contribution in [0.25, 0.3) is 0 Å². The van der Waals surface area contributed by atoms with Crippen LogP contribution in [0.4, 0.5) is 0 Å². The van der Waals surface area contributed by atoms with E-state index in [1.807, 2.05) is 0 Å². The summed E-state index contributed by atoms with van der Waals surface area (Å²) < 4.78 is 1.61. The first-order valence-corrected chi connectivity index (χ1v) is 7.00. The number of aromatic carboxylic acids is 1. The van der Waals surface area contributed by atoms with Gasteiger partial charge < -0.3 is 10.0 Å². The molecular formula is C13H22N4O2. The number of carboxylic acids is 1. The van der Waals surface area contributed by atoms with Crippen molar-refractivity contribution < 1.29 is 9.90 Å². The molecule has 2 rings (SSSR count). The Balaban J connectivity index is 1.81. The summed E-state index contributed by atoms with van der Waals surface area (Å²) in [6.45, 7) is 1.57. The van der Waals surface area contributed by atoms with E-state index < -0.39 is 5.97 Å². The van der Waals surface area contributed by atoms with Crippen molar-refractivity contribution in [3.05, 3.63) is 11.9 Å². The third-order valence-electron chi connectivity index (χ3n) is 3.89. The number of carbonyl (C=O) groups is 1. The minimum absolute atomic E-state index is 0.0112. The van der Waals surface area contributed by atoms with Crippen LogP contribution in [0.3, 0.4) is 0 Å². The summed E-state index contributed by atoms with van der Waals surface area (Å²) in [5.74, 6) is -1.02. The topological polar surface area (TPSA) is 71.2 Å². The first-order chi connectivity index (χ1) is 9.16. The van der Waals surface area contributed by atoms with E-state index in [0.717, 1.165) is 6.54 Å². The number of rotatable bonds is 5. The van der Waals surface area contributed by atoms with Crippen molar-refractivity contribution in [1.29, 1.82) is 0 Å². The molecule has 19 heavy (non-hydrogen) atoms. The summed E-state index contributed by atoms with van der Waals surface area (Å²) in [4.78, 5) is 13.1. The number of hydrogen-bond donors (Lipinski definition) is 1. The first-order valence-electron chi connectivity index (χ1n) is 7.00. The molecule has 1 fully saturated rings. The van der Waals surface area contributed by atoms with E-state index in [1.165, 1.54) is 44.7 Å². The van der Waals surface area contributed by atoms with Crippen LogP contribution in [0.5, 0.6) is 0 Å². The minimum Gasteiger partial charge on any atom is -0.476 e. The fourth-order valence-corrected chi connectivity index (χ4v) is 2.65. The molecule has 0 unspecified atom stereocenters. The summed E-state index contributed by atoms with van der Waals surface area (Å²) in [5, 5.41) is 16.2. The van der Waals surface area contributed by atoms with Crippen LogP contribution in [-0.2, 0) is 6.54 Å². The highest BCUT2D eigenvalue weighted by Gasteiger charge is 2.17. The third kappa shape index (κ3) is 4.02. The normalized spacial score (nSPS) is 17.6. The lowest BCUT2D eigenvalue weighted by Gasteiger charge is -2.26. The fraction of sp³-hybridized carbons (Fsp3) is 0.769. The van der Waals surface area contributed by atoms with Gasteiger partial charge in [0.25, 0.3) is 0 Å². The Morgan fingerprint density at radius 2 is 2.11 bits per heavy atom. The van der Waals surface area contributed by atoms with Crippen LogP contribution in [-0.4, -0.2) is 50.6 Å². The first kappa shape index (κ1) is 14.0. The van der Waals surface area contributed by atoms with Gasteiger partial charge in [0.1, 0.15) is 0 Å². The molecule has 6 nitrogen and oxygen atoms in total. The average molecular weight is 266 g/mol. The van der Waals surface area contributed by atoms with Gasteiger partial charge in [-0.3, -0.25) is 4.68 Å². The number of nitrogens with zero attached hydrogens (tertiary/aromatic N) is 4. The molecule has 106 valence electrons. The summed E-state index contributed by atoms with van der Waals surface area (Å²) in [7, 11) is 2.14. The Morgan fingerprint density at radius 3 is 2.68 bits per heavy atom. The molecule has 1 aliphatic rings. The summed E-state index contributed by atoms with van der Waals surface area (Å²) >= 11 is 0. The smallest absolute Gasteiger partial charge is 0.358 e. The van der Waals surface area contributed by atoms with Crippen molar-refractivity contribution in [3.63, 3.8) is 0 Å². The van der Waals surface area contributed by atoms with Crippen LogP contribution in [0.1, 0.15) is 49.0 Å². The van der Waals surface area contributed by atoms with Gasteiger partial charge in [-0.15, -0.1) is 5.10 Å². The lowest BCUT2D eigenvalue weighted by atomic mass is 10.1. The van der Waals surface area contributed by atoms with Crippen LogP contribution < -0.4 is 0 Å². The van der Waals surface area contributed by atoms with Gasteiger partial charge in [-0.1, -0.05) is 30.9 Å². The predicted molar refractivity (Wildman–Crippen MR) is 71.1 cm³/mol. The molecule has 0 aliphatic heterocycles. The van der Waals surface area contributed by atoms with Crippen molar-refractivity contribution in [2.24, 2.45) is 0 Å². The molecule has 0 radical (unpaired) electrons. The average Bonchev–Trinajstić information content (AvgIpc) is 2.70. The SMILES string of the molecule is CN(CCn1cc(C(=O)O)nn1)C1CCCCCC1. The molecule has 0 aromatic carbocycles. The molecule has 1 aromatic heterocycles. The zero-order valence-corrected chi connectivity index (χ0v) is 11.5. The summed E-state index contributed by atoms with van der Waals surface area (Å²) in [6, 6.07) is 0.657. The van der Waals surface area contributed by atoms with Crippen molar-refractivity contribution in [2.45, 2.75) is 51.1 Å². The zero-order chi connectivity index (χ0) is 13.7. The highest BCUT2D eigenvalue weighted by Crippen LogP contribution is 2.20. The van der Waals surface area contributed by atoms with Gasteiger partial charge in [0.2, 0.25) is 0 Å². The molecule has 0 atom stereocenters. The van der Waals surface area contributed by atoms with Crippen LogP contribution >= 0.6 is 0 Å². The quantitative estimate of drug-likeness (QED) is 0.820. The van der Waals surface area contributed by atoms with Crippen molar-refractivity contribution in [2.75, 3.05) is 13.6 Å². The van der Waals surface area contributed by atoms with E-state index in [2.05, 4.69) is 22.3 Å². The number of likely N-dealkylation sites (N-methyl/N-ethyl adjacent to an activating group) is 1. The van der Waals surface area contributed by atoms with Crippen LogP contribution in [0.2, 0.25) is 0 Å². The molecule has 1 saturated carbocycles.